The van der Waals surface area contributed by atoms with Gasteiger partial charge in [-0.25, -0.2) is 22.8 Å². The minimum atomic E-state index is -4.57. The van der Waals surface area contributed by atoms with Crippen LogP contribution in [0.1, 0.15) is 17.8 Å². The van der Waals surface area contributed by atoms with Crippen LogP contribution in [0.2, 0.25) is 0 Å². The number of carbonyl (C=O) groups excluding carboxylic acids is 1. The molecular weight excluding hydrogens is 514 g/mol. The number of nitrogens with one attached hydrogen (secondary N) is 1. The van der Waals surface area contributed by atoms with Crippen LogP contribution in [0.3, 0.4) is 0 Å². The molecule has 0 bridgehead atoms. The number of halogens is 4. The Bertz CT molecular complexity index is 1400. The number of pyridine rings is 1. The molecule has 3 aromatic rings. The van der Waals surface area contributed by atoms with Crippen LogP contribution in [0.25, 0.3) is 11.3 Å². The molecule has 1 aliphatic heterocycles. The molecule has 2 aromatic heterocycles. The summed E-state index contributed by atoms with van der Waals surface area (Å²) < 4.78 is 79.0. The number of benzene rings is 1. The van der Waals surface area contributed by atoms with Gasteiger partial charge in [-0.05, 0) is 48.9 Å². The summed E-state index contributed by atoms with van der Waals surface area (Å²) in [6.45, 7) is 3.70. The van der Waals surface area contributed by atoms with Crippen molar-refractivity contribution in [2.75, 3.05) is 6.54 Å². The lowest BCUT2D eigenvalue weighted by atomic mass is 10.0. The highest BCUT2D eigenvalue weighted by atomic mass is 32.2. The number of hydrogen-bond acceptors (Lipinski definition) is 6. The van der Waals surface area contributed by atoms with Gasteiger partial charge >= 0.3 is 6.18 Å². The van der Waals surface area contributed by atoms with Gasteiger partial charge in [-0.1, -0.05) is 6.08 Å². The van der Waals surface area contributed by atoms with Gasteiger partial charge in [0.25, 0.3) is 0 Å². The van der Waals surface area contributed by atoms with Crippen LogP contribution < -0.4 is 5.32 Å². The quantitative estimate of drug-likeness (QED) is 0.366. The first-order valence-electron chi connectivity index (χ1n) is 11.0. The van der Waals surface area contributed by atoms with Crippen LogP contribution >= 0.6 is 0 Å². The summed E-state index contributed by atoms with van der Waals surface area (Å²) in [4.78, 5) is 24.5. The standard InChI is InChI=1S/C24H21F4N5O3S/c1-2-15-9-10-33(37(35,36)19-6-4-17(25)5-7-19)22(15)23(34)30-13-18-11-20(32-14-31-18)16-3-8-21(29-12-16)24(26,27)28/h2-8,11-12,14-15,22H,1,9-10,13H2,(H,30,34)/t15-,22-/m0/s1. The van der Waals surface area contributed by atoms with E-state index in [1.165, 1.54) is 24.5 Å². The molecule has 1 fully saturated rings. The van der Waals surface area contributed by atoms with Crippen molar-refractivity contribution in [1.29, 1.82) is 0 Å². The normalized spacial score (nSPS) is 18.5. The zero-order chi connectivity index (χ0) is 26.8. The summed E-state index contributed by atoms with van der Waals surface area (Å²) in [6, 6.07) is 6.81. The molecule has 1 saturated heterocycles. The van der Waals surface area contributed by atoms with Crippen molar-refractivity contribution in [3.63, 3.8) is 0 Å². The van der Waals surface area contributed by atoms with Crippen molar-refractivity contribution < 1.29 is 30.8 Å². The minimum absolute atomic E-state index is 0.0764. The molecule has 0 saturated carbocycles. The van der Waals surface area contributed by atoms with Gasteiger partial charge in [-0.2, -0.15) is 17.5 Å². The van der Waals surface area contributed by atoms with E-state index < -0.39 is 45.6 Å². The number of hydrogen-bond donors (Lipinski definition) is 1. The van der Waals surface area contributed by atoms with Crippen molar-refractivity contribution in [2.24, 2.45) is 5.92 Å². The maximum atomic E-state index is 13.3. The highest BCUT2D eigenvalue weighted by molar-refractivity contribution is 7.89. The van der Waals surface area contributed by atoms with E-state index >= 15 is 0 Å². The smallest absolute Gasteiger partial charge is 0.349 e. The second kappa shape index (κ2) is 10.3. The van der Waals surface area contributed by atoms with Gasteiger partial charge in [-0.3, -0.25) is 9.78 Å². The SMILES string of the molecule is C=C[C@H]1CCN(S(=O)(=O)c2ccc(F)cc2)[C@@H]1C(=O)NCc1cc(-c2ccc(C(F)(F)F)nc2)ncn1. The van der Waals surface area contributed by atoms with Crippen LogP contribution in [-0.4, -0.2) is 46.2 Å². The average Bonchev–Trinajstić information content (AvgIpc) is 3.33. The van der Waals surface area contributed by atoms with Gasteiger partial charge in [0.15, 0.2) is 0 Å². The number of nitrogens with zero attached hydrogens (tertiary/aromatic N) is 4. The van der Waals surface area contributed by atoms with E-state index in [0.717, 1.165) is 40.8 Å². The number of amides is 1. The molecule has 1 aromatic carbocycles. The van der Waals surface area contributed by atoms with Crippen LogP contribution in [0, 0.1) is 11.7 Å². The largest absolute Gasteiger partial charge is 0.433 e. The lowest BCUT2D eigenvalue weighted by Gasteiger charge is -2.25. The molecule has 37 heavy (non-hydrogen) atoms. The van der Waals surface area contributed by atoms with Crippen LogP contribution in [0.5, 0.6) is 0 Å². The maximum absolute atomic E-state index is 13.3. The monoisotopic (exact) mass is 535 g/mol. The van der Waals surface area contributed by atoms with Crippen molar-refractivity contribution in [1.82, 2.24) is 24.6 Å². The third-order valence-electron chi connectivity index (χ3n) is 5.91. The molecular formula is C24H21F4N5O3S. The summed E-state index contributed by atoms with van der Waals surface area (Å²) in [5, 5.41) is 2.67. The van der Waals surface area contributed by atoms with E-state index in [-0.39, 0.29) is 18.0 Å². The highest BCUT2D eigenvalue weighted by Gasteiger charge is 2.44. The van der Waals surface area contributed by atoms with Crippen LogP contribution in [-0.2, 0) is 27.5 Å². The second-order valence-electron chi connectivity index (χ2n) is 8.25. The lowest BCUT2D eigenvalue weighted by molar-refractivity contribution is -0.141. The predicted octanol–water partition coefficient (Wildman–Crippen LogP) is 3.58. The van der Waals surface area contributed by atoms with Gasteiger partial charge in [0.05, 0.1) is 22.8 Å². The van der Waals surface area contributed by atoms with Gasteiger partial charge < -0.3 is 5.32 Å². The minimum Gasteiger partial charge on any atom is -0.349 e. The van der Waals surface area contributed by atoms with Gasteiger partial charge in [0.1, 0.15) is 23.9 Å². The van der Waals surface area contributed by atoms with E-state index in [9.17, 15) is 30.8 Å². The Hall–Kier alpha value is -3.71. The fraction of sp³-hybridized carbons (Fsp3) is 0.250. The van der Waals surface area contributed by atoms with Gasteiger partial charge in [-0.15, -0.1) is 6.58 Å². The Morgan fingerprint density at radius 2 is 1.86 bits per heavy atom. The summed E-state index contributed by atoms with van der Waals surface area (Å²) in [7, 11) is -4.09. The maximum Gasteiger partial charge on any atom is 0.433 e. The number of rotatable bonds is 7. The highest BCUT2D eigenvalue weighted by Crippen LogP contribution is 2.32. The molecule has 2 atom stereocenters. The first kappa shape index (κ1) is 26.4. The first-order valence-corrected chi connectivity index (χ1v) is 12.5. The Kier molecular flexibility index (Phi) is 7.37. The number of carbonyl (C=O) groups is 1. The van der Waals surface area contributed by atoms with Crippen LogP contribution in [0.4, 0.5) is 17.6 Å². The molecule has 0 unspecified atom stereocenters. The Labute approximate surface area is 210 Å². The number of sulfonamides is 1. The molecule has 3 heterocycles. The summed E-state index contributed by atoms with van der Waals surface area (Å²) in [6.07, 6.45) is -0.437. The molecule has 1 amide bonds. The third kappa shape index (κ3) is 5.67. The second-order valence-corrected chi connectivity index (χ2v) is 10.1. The van der Waals surface area contributed by atoms with Crippen molar-refractivity contribution in [3.8, 4) is 11.3 Å². The van der Waals surface area contributed by atoms with Crippen molar-refractivity contribution in [2.45, 2.75) is 30.1 Å². The van der Waals surface area contributed by atoms with E-state index in [1.807, 2.05) is 0 Å². The van der Waals surface area contributed by atoms with Gasteiger partial charge in [0.2, 0.25) is 15.9 Å². The Morgan fingerprint density at radius 3 is 2.49 bits per heavy atom. The number of aromatic nitrogens is 3. The molecule has 1 aliphatic rings. The zero-order valence-corrected chi connectivity index (χ0v) is 20.0. The lowest BCUT2D eigenvalue weighted by Crippen LogP contribution is -2.48. The fourth-order valence-corrected chi connectivity index (χ4v) is 5.67. The topological polar surface area (TPSA) is 105 Å². The van der Waals surface area contributed by atoms with Crippen LogP contribution in [0.15, 0.2) is 72.5 Å². The zero-order valence-electron chi connectivity index (χ0n) is 19.2. The molecule has 4 rings (SSSR count). The summed E-state index contributed by atoms with van der Waals surface area (Å²) in [5.41, 5.74) is -0.0708. The molecule has 194 valence electrons. The van der Waals surface area contributed by atoms with E-state index in [1.54, 1.807) is 0 Å². The van der Waals surface area contributed by atoms with Gasteiger partial charge in [0, 0.05) is 24.2 Å². The average molecular weight is 536 g/mol. The molecule has 0 aliphatic carbocycles. The fourth-order valence-electron chi connectivity index (χ4n) is 4.02. The van der Waals surface area contributed by atoms with Crippen molar-refractivity contribution >= 4 is 15.9 Å². The molecule has 1 N–H and O–H groups in total. The first-order chi connectivity index (χ1) is 17.5. The molecule has 0 spiro atoms. The number of alkyl halides is 3. The van der Waals surface area contributed by atoms with E-state index in [2.05, 4.69) is 26.8 Å². The summed E-state index contributed by atoms with van der Waals surface area (Å²) >= 11 is 0. The summed E-state index contributed by atoms with van der Waals surface area (Å²) in [5.74, 6) is -1.62. The molecule has 0 radical (unpaired) electrons. The molecule has 13 heteroatoms. The Balaban J connectivity index is 1.50. The Morgan fingerprint density at radius 1 is 1.14 bits per heavy atom. The third-order valence-corrected chi connectivity index (χ3v) is 7.80. The van der Waals surface area contributed by atoms with Crippen molar-refractivity contribution in [3.05, 3.63) is 84.8 Å². The predicted molar refractivity (Wildman–Crippen MR) is 124 cm³/mol. The van der Waals surface area contributed by atoms with E-state index in [0.29, 0.717) is 23.4 Å². The molecule has 8 nitrogen and oxygen atoms in total. The van der Waals surface area contributed by atoms with E-state index in [4.69, 9.17) is 0 Å².